The van der Waals surface area contributed by atoms with Crippen LogP contribution in [0.3, 0.4) is 0 Å². The van der Waals surface area contributed by atoms with E-state index in [9.17, 15) is 14.7 Å². The molecule has 0 aliphatic heterocycles. The first-order valence-corrected chi connectivity index (χ1v) is 15.7. The number of halogens is 1. The van der Waals surface area contributed by atoms with Gasteiger partial charge in [0.25, 0.3) is 0 Å². The molecule has 0 radical (unpaired) electrons. The number of nitrogens with one attached hydrogen (secondary N) is 1. The molecule has 2 aliphatic carbocycles. The standard InChI is InChI=1S/C35H42ClN3O4/c1-20-16-26(17-21(2)33(20)36)43-15-7-10-28-27-8-6-9-29(32-22(3)38-39(5)23(32)4)30(27)18-31(28)34(40)37-19-24-11-13-25(14-12-24)35(41)42/h6,8-9,16-17,24-25H,7,10-15,18-19H2,1-5H3,(H,37,40)(H,41,42). The number of rotatable bonds is 10. The molecule has 2 aromatic carbocycles. The maximum absolute atomic E-state index is 13.8. The van der Waals surface area contributed by atoms with E-state index in [0.29, 0.717) is 38.3 Å². The predicted octanol–water partition coefficient (Wildman–Crippen LogP) is 7.15. The Bertz CT molecular complexity index is 1560. The number of benzene rings is 2. The van der Waals surface area contributed by atoms with Crippen LogP contribution in [0.15, 0.2) is 35.9 Å². The molecule has 7 nitrogen and oxygen atoms in total. The topological polar surface area (TPSA) is 93.4 Å². The van der Waals surface area contributed by atoms with Crippen LogP contribution in [0.5, 0.6) is 5.75 Å². The van der Waals surface area contributed by atoms with Crippen LogP contribution in [-0.2, 0) is 23.1 Å². The Balaban J connectivity index is 1.35. The summed E-state index contributed by atoms with van der Waals surface area (Å²) in [7, 11) is 1.96. The molecule has 0 atom stereocenters. The van der Waals surface area contributed by atoms with Crippen molar-refractivity contribution >= 4 is 29.1 Å². The minimum Gasteiger partial charge on any atom is -0.494 e. The van der Waals surface area contributed by atoms with E-state index in [2.05, 4.69) is 35.5 Å². The molecule has 1 aromatic heterocycles. The van der Waals surface area contributed by atoms with Gasteiger partial charge < -0.3 is 15.2 Å². The van der Waals surface area contributed by atoms with Gasteiger partial charge in [0, 0.05) is 41.9 Å². The largest absolute Gasteiger partial charge is 0.494 e. The lowest BCUT2D eigenvalue weighted by Crippen LogP contribution is -2.33. The van der Waals surface area contributed by atoms with Crippen molar-refractivity contribution in [2.75, 3.05) is 13.2 Å². The average molecular weight is 604 g/mol. The Hall–Kier alpha value is -3.58. The van der Waals surface area contributed by atoms with Gasteiger partial charge in [-0.1, -0.05) is 29.8 Å². The number of carbonyl (C=O) groups excluding carboxylic acids is 1. The van der Waals surface area contributed by atoms with Gasteiger partial charge in [-0.05, 0) is 118 Å². The number of carbonyl (C=O) groups is 2. The summed E-state index contributed by atoms with van der Waals surface area (Å²) >= 11 is 6.33. The van der Waals surface area contributed by atoms with Gasteiger partial charge in [0.15, 0.2) is 0 Å². The summed E-state index contributed by atoms with van der Waals surface area (Å²) in [5, 5.41) is 18.0. The van der Waals surface area contributed by atoms with E-state index in [1.54, 1.807) is 0 Å². The molecule has 0 saturated heterocycles. The number of aromatic nitrogens is 2. The van der Waals surface area contributed by atoms with Crippen molar-refractivity contribution in [1.82, 2.24) is 15.1 Å². The van der Waals surface area contributed by atoms with Crippen LogP contribution in [-0.4, -0.2) is 39.9 Å². The van der Waals surface area contributed by atoms with Gasteiger partial charge >= 0.3 is 5.97 Å². The number of fused-ring (bicyclic) bond motifs is 1. The zero-order chi connectivity index (χ0) is 30.8. The lowest BCUT2D eigenvalue weighted by molar-refractivity contribution is -0.143. The third-order valence-corrected chi connectivity index (χ3v) is 9.86. The van der Waals surface area contributed by atoms with E-state index in [4.69, 9.17) is 16.3 Å². The zero-order valence-electron chi connectivity index (χ0n) is 25.8. The Labute approximate surface area is 259 Å². The molecule has 8 heteroatoms. The Morgan fingerprint density at radius 1 is 1.07 bits per heavy atom. The Kier molecular flexibility index (Phi) is 9.30. The van der Waals surface area contributed by atoms with Crippen LogP contribution in [0.25, 0.3) is 16.7 Å². The number of hydrogen-bond acceptors (Lipinski definition) is 4. The Morgan fingerprint density at radius 2 is 1.74 bits per heavy atom. The highest BCUT2D eigenvalue weighted by molar-refractivity contribution is 6.32. The second kappa shape index (κ2) is 13.0. The fraction of sp³-hybridized carbons (Fsp3) is 0.457. The van der Waals surface area contributed by atoms with E-state index in [-0.39, 0.29) is 11.8 Å². The first kappa shape index (κ1) is 30.9. The summed E-state index contributed by atoms with van der Waals surface area (Å²) < 4.78 is 8.03. The molecule has 1 saturated carbocycles. The van der Waals surface area contributed by atoms with Crippen LogP contribution >= 0.6 is 11.6 Å². The fourth-order valence-corrected chi connectivity index (χ4v) is 6.90. The van der Waals surface area contributed by atoms with Crippen LogP contribution in [0.1, 0.15) is 72.2 Å². The molecular weight excluding hydrogens is 562 g/mol. The normalized spacial score (nSPS) is 18.1. The molecule has 43 heavy (non-hydrogen) atoms. The molecule has 3 aromatic rings. The van der Waals surface area contributed by atoms with Gasteiger partial charge in [-0.25, -0.2) is 0 Å². The quantitative estimate of drug-likeness (QED) is 0.240. The van der Waals surface area contributed by atoms with Gasteiger partial charge in [0.05, 0.1) is 18.2 Å². The van der Waals surface area contributed by atoms with Crippen molar-refractivity contribution in [3.05, 3.63) is 74.6 Å². The summed E-state index contributed by atoms with van der Waals surface area (Å²) in [6.07, 6.45) is 5.06. The number of ether oxygens (including phenoxy) is 1. The first-order chi connectivity index (χ1) is 20.5. The number of carboxylic acid groups (broad SMARTS) is 1. The van der Waals surface area contributed by atoms with Crippen molar-refractivity contribution in [2.24, 2.45) is 18.9 Å². The highest BCUT2D eigenvalue weighted by Gasteiger charge is 2.31. The maximum atomic E-state index is 13.8. The van der Waals surface area contributed by atoms with Crippen LogP contribution in [0, 0.1) is 39.5 Å². The van der Waals surface area contributed by atoms with Crippen molar-refractivity contribution in [3.63, 3.8) is 0 Å². The molecule has 1 amide bonds. The maximum Gasteiger partial charge on any atom is 0.306 e. The Morgan fingerprint density at radius 3 is 2.37 bits per heavy atom. The van der Waals surface area contributed by atoms with Crippen LogP contribution in [0.4, 0.5) is 0 Å². The number of amides is 1. The van der Waals surface area contributed by atoms with Gasteiger partial charge in [0.1, 0.15) is 5.75 Å². The van der Waals surface area contributed by atoms with Gasteiger partial charge in [-0.15, -0.1) is 0 Å². The summed E-state index contributed by atoms with van der Waals surface area (Å²) in [5.41, 5.74) is 10.5. The van der Waals surface area contributed by atoms with Gasteiger partial charge in [-0.3, -0.25) is 14.3 Å². The van der Waals surface area contributed by atoms with E-state index in [1.807, 2.05) is 44.6 Å². The SMILES string of the molecule is Cc1cc(OCCCC2=C(C(=O)NCC3CCC(C(=O)O)CC3)Cc3c2cccc3-c2c(C)nn(C)c2C)cc(C)c1Cl. The third-order valence-electron chi connectivity index (χ3n) is 9.27. The minimum absolute atomic E-state index is 0.0259. The lowest BCUT2D eigenvalue weighted by atomic mass is 9.82. The average Bonchev–Trinajstić information content (AvgIpc) is 3.48. The van der Waals surface area contributed by atoms with E-state index >= 15 is 0 Å². The fourth-order valence-electron chi connectivity index (χ4n) is 6.79. The number of allylic oxidation sites excluding steroid dienone is 1. The van der Waals surface area contributed by atoms with E-state index < -0.39 is 5.97 Å². The van der Waals surface area contributed by atoms with Crippen LogP contribution < -0.4 is 10.1 Å². The van der Waals surface area contributed by atoms with Gasteiger partial charge in [-0.2, -0.15) is 5.10 Å². The number of nitrogens with zero attached hydrogens (tertiary/aromatic N) is 2. The van der Waals surface area contributed by atoms with Crippen molar-refractivity contribution in [3.8, 4) is 16.9 Å². The molecule has 2 N–H and O–H groups in total. The molecule has 2 aliphatic rings. The molecule has 5 rings (SSSR count). The van der Waals surface area contributed by atoms with Crippen molar-refractivity contribution < 1.29 is 19.4 Å². The number of aliphatic carboxylic acids is 1. The minimum atomic E-state index is -0.707. The van der Waals surface area contributed by atoms with Crippen molar-refractivity contribution in [1.29, 1.82) is 0 Å². The molecule has 1 heterocycles. The molecular formula is C35H42ClN3O4. The van der Waals surface area contributed by atoms with Gasteiger partial charge in [0.2, 0.25) is 5.91 Å². The lowest BCUT2D eigenvalue weighted by Gasteiger charge is -2.26. The highest BCUT2D eigenvalue weighted by Crippen LogP contribution is 2.42. The second-order valence-electron chi connectivity index (χ2n) is 12.2. The zero-order valence-corrected chi connectivity index (χ0v) is 26.6. The molecule has 1 fully saturated rings. The highest BCUT2D eigenvalue weighted by atomic mass is 35.5. The van der Waals surface area contributed by atoms with Crippen molar-refractivity contribution in [2.45, 2.75) is 72.6 Å². The smallest absolute Gasteiger partial charge is 0.306 e. The first-order valence-electron chi connectivity index (χ1n) is 15.3. The van der Waals surface area contributed by atoms with Crippen LogP contribution in [0.2, 0.25) is 5.02 Å². The second-order valence-corrected chi connectivity index (χ2v) is 12.6. The molecule has 0 spiro atoms. The summed E-state index contributed by atoms with van der Waals surface area (Å²) in [6.45, 7) is 9.19. The number of hydrogen-bond donors (Lipinski definition) is 2. The number of aryl methyl sites for hydroxylation is 4. The summed E-state index contributed by atoms with van der Waals surface area (Å²) in [5.74, 6) is 0.124. The van der Waals surface area contributed by atoms with E-state index in [1.165, 1.54) is 5.56 Å². The third kappa shape index (κ3) is 6.52. The number of carboxylic acids is 1. The monoisotopic (exact) mass is 603 g/mol. The summed E-state index contributed by atoms with van der Waals surface area (Å²) in [6, 6.07) is 10.3. The molecule has 228 valence electrons. The molecule has 0 bridgehead atoms. The molecule has 0 unspecified atom stereocenters. The summed E-state index contributed by atoms with van der Waals surface area (Å²) in [4.78, 5) is 25.1. The predicted molar refractivity (Wildman–Crippen MR) is 170 cm³/mol. The van der Waals surface area contributed by atoms with E-state index in [0.717, 1.165) is 86.8 Å².